The van der Waals surface area contributed by atoms with Crippen LogP contribution in [0, 0.1) is 13.8 Å². The molecule has 118 valence electrons. The fraction of sp³-hybridized carbons (Fsp3) is 0.533. The summed E-state index contributed by atoms with van der Waals surface area (Å²) >= 11 is 1.64. The molecule has 1 aliphatic heterocycles. The first kappa shape index (κ1) is 15.0. The number of piperidine rings is 1. The third-order valence-corrected chi connectivity index (χ3v) is 5.15. The molecule has 2 aromatic heterocycles. The van der Waals surface area contributed by atoms with E-state index >= 15 is 0 Å². The lowest BCUT2D eigenvalue weighted by molar-refractivity contribution is 0.178. The first-order valence-corrected chi connectivity index (χ1v) is 8.40. The molecule has 1 fully saturated rings. The standard InChI is InChI=1S/C15H21N5OS/c1-10-11(2)22-13(19-10)8-18-15(21)20-7-3-4-12(9-20)14-16-5-6-17-14/h5-6,12H,3-4,7-9H2,1-2H3,(H,16,17)(H,18,21)/t12-/m0/s1. The predicted molar refractivity (Wildman–Crippen MR) is 86.0 cm³/mol. The van der Waals surface area contributed by atoms with Crippen molar-refractivity contribution in [2.24, 2.45) is 0 Å². The number of carbonyl (C=O) groups is 1. The Balaban J connectivity index is 1.55. The van der Waals surface area contributed by atoms with Crippen molar-refractivity contribution in [1.29, 1.82) is 0 Å². The number of likely N-dealkylation sites (tertiary alicyclic amines) is 1. The summed E-state index contributed by atoms with van der Waals surface area (Å²) in [6.07, 6.45) is 5.68. The van der Waals surface area contributed by atoms with Crippen LogP contribution < -0.4 is 5.32 Å². The number of hydrogen-bond acceptors (Lipinski definition) is 4. The van der Waals surface area contributed by atoms with E-state index < -0.39 is 0 Å². The third kappa shape index (κ3) is 3.30. The lowest BCUT2D eigenvalue weighted by Gasteiger charge is -2.31. The average Bonchev–Trinajstić information content (AvgIpc) is 3.16. The molecule has 2 N–H and O–H groups in total. The largest absolute Gasteiger partial charge is 0.348 e. The molecule has 1 atom stereocenters. The van der Waals surface area contributed by atoms with Gasteiger partial charge < -0.3 is 15.2 Å². The van der Waals surface area contributed by atoms with Gasteiger partial charge in [-0.25, -0.2) is 14.8 Å². The second-order valence-corrected chi connectivity index (χ2v) is 6.96. The second-order valence-electron chi connectivity index (χ2n) is 5.67. The van der Waals surface area contributed by atoms with Gasteiger partial charge in [0.15, 0.2) is 0 Å². The summed E-state index contributed by atoms with van der Waals surface area (Å²) in [4.78, 5) is 27.4. The second kappa shape index (κ2) is 6.48. The van der Waals surface area contributed by atoms with E-state index in [2.05, 4.69) is 27.2 Å². The highest BCUT2D eigenvalue weighted by Crippen LogP contribution is 2.24. The van der Waals surface area contributed by atoms with Gasteiger partial charge in [0.25, 0.3) is 0 Å². The summed E-state index contributed by atoms with van der Waals surface area (Å²) in [5, 5.41) is 3.94. The first-order chi connectivity index (χ1) is 10.6. The minimum Gasteiger partial charge on any atom is -0.348 e. The van der Waals surface area contributed by atoms with Gasteiger partial charge >= 0.3 is 6.03 Å². The molecule has 1 aliphatic rings. The number of carbonyl (C=O) groups excluding carboxylic acids is 1. The number of aromatic nitrogens is 3. The van der Waals surface area contributed by atoms with E-state index in [4.69, 9.17) is 0 Å². The van der Waals surface area contributed by atoms with Crippen LogP contribution in [0.3, 0.4) is 0 Å². The fourth-order valence-electron chi connectivity index (χ4n) is 2.76. The molecule has 7 heteroatoms. The number of aromatic amines is 1. The number of thiazole rings is 1. The van der Waals surface area contributed by atoms with Gasteiger partial charge in [-0.3, -0.25) is 0 Å². The maximum atomic E-state index is 12.3. The van der Waals surface area contributed by atoms with Gasteiger partial charge in [-0.05, 0) is 26.7 Å². The van der Waals surface area contributed by atoms with E-state index in [0.29, 0.717) is 12.5 Å². The molecule has 3 heterocycles. The van der Waals surface area contributed by atoms with Crippen LogP contribution in [-0.2, 0) is 6.54 Å². The fourth-order valence-corrected chi connectivity index (χ4v) is 3.64. The number of hydrogen-bond donors (Lipinski definition) is 2. The van der Waals surface area contributed by atoms with Gasteiger partial charge in [-0.2, -0.15) is 0 Å². The van der Waals surface area contributed by atoms with Crippen molar-refractivity contribution in [1.82, 2.24) is 25.2 Å². The average molecular weight is 319 g/mol. The molecule has 0 saturated carbocycles. The molecule has 3 rings (SSSR count). The van der Waals surface area contributed by atoms with Gasteiger partial charge in [0.05, 0.1) is 12.2 Å². The minimum atomic E-state index is -0.0123. The van der Waals surface area contributed by atoms with Crippen molar-refractivity contribution in [2.45, 2.75) is 39.2 Å². The predicted octanol–water partition coefficient (Wildman–Crippen LogP) is 2.57. The van der Waals surface area contributed by atoms with E-state index in [1.54, 1.807) is 17.5 Å². The summed E-state index contributed by atoms with van der Waals surface area (Å²) < 4.78 is 0. The maximum Gasteiger partial charge on any atom is 0.317 e. The molecular weight excluding hydrogens is 298 g/mol. The Labute approximate surface area is 134 Å². The highest BCUT2D eigenvalue weighted by molar-refractivity contribution is 7.11. The Bertz CT molecular complexity index is 617. The zero-order valence-corrected chi connectivity index (χ0v) is 13.7. The lowest BCUT2D eigenvalue weighted by Crippen LogP contribution is -2.44. The van der Waals surface area contributed by atoms with Gasteiger partial charge in [0.1, 0.15) is 10.8 Å². The number of amides is 2. The van der Waals surface area contributed by atoms with Gasteiger partial charge in [-0.15, -0.1) is 11.3 Å². The van der Waals surface area contributed by atoms with Crippen LogP contribution >= 0.6 is 11.3 Å². The van der Waals surface area contributed by atoms with E-state index in [0.717, 1.165) is 42.5 Å². The number of rotatable bonds is 3. The van der Waals surface area contributed by atoms with Crippen LogP contribution in [0.15, 0.2) is 12.4 Å². The molecule has 22 heavy (non-hydrogen) atoms. The number of nitrogens with one attached hydrogen (secondary N) is 2. The summed E-state index contributed by atoms with van der Waals surface area (Å²) in [7, 11) is 0. The third-order valence-electron chi connectivity index (χ3n) is 4.08. The van der Waals surface area contributed by atoms with Crippen molar-refractivity contribution in [3.05, 3.63) is 33.8 Å². The van der Waals surface area contributed by atoms with Crippen LogP contribution in [0.5, 0.6) is 0 Å². The van der Waals surface area contributed by atoms with Crippen LogP contribution in [0.1, 0.15) is 40.2 Å². The van der Waals surface area contributed by atoms with E-state index in [1.807, 2.05) is 18.0 Å². The van der Waals surface area contributed by atoms with Crippen molar-refractivity contribution in [2.75, 3.05) is 13.1 Å². The molecule has 0 aromatic carbocycles. The summed E-state index contributed by atoms with van der Waals surface area (Å²) in [6.45, 7) is 6.07. The molecule has 0 radical (unpaired) electrons. The van der Waals surface area contributed by atoms with E-state index in [-0.39, 0.29) is 6.03 Å². The summed E-state index contributed by atoms with van der Waals surface area (Å²) in [6, 6.07) is -0.0123. The lowest BCUT2D eigenvalue weighted by atomic mass is 9.98. The van der Waals surface area contributed by atoms with Crippen molar-refractivity contribution >= 4 is 17.4 Å². The van der Waals surface area contributed by atoms with Gasteiger partial charge in [0, 0.05) is 36.3 Å². The Morgan fingerprint density at radius 2 is 2.41 bits per heavy atom. The Hall–Kier alpha value is -1.89. The zero-order valence-electron chi connectivity index (χ0n) is 12.9. The first-order valence-electron chi connectivity index (χ1n) is 7.58. The zero-order chi connectivity index (χ0) is 15.5. The van der Waals surface area contributed by atoms with Gasteiger partial charge in [-0.1, -0.05) is 0 Å². The molecule has 2 aromatic rings. The van der Waals surface area contributed by atoms with Crippen molar-refractivity contribution in [3.8, 4) is 0 Å². The van der Waals surface area contributed by atoms with Gasteiger partial charge in [0.2, 0.25) is 0 Å². The molecule has 2 amide bonds. The SMILES string of the molecule is Cc1nc(CNC(=O)N2CCC[C@H](c3ncc[nH]3)C2)sc1C. The normalized spacial score (nSPS) is 18.5. The quantitative estimate of drug-likeness (QED) is 0.913. The summed E-state index contributed by atoms with van der Waals surface area (Å²) in [5.74, 6) is 1.28. The highest BCUT2D eigenvalue weighted by atomic mass is 32.1. The molecule has 0 unspecified atom stereocenters. The molecule has 0 aliphatic carbocycles. The molecule has 0 spiro atoms. The monoisotopic (exact) mass is 319 g/mol. The Morgan fingerprint density at radius 3 is 3.09 bits per heavy atom. The summed E-state index contributed by atoms with van der Waals surface area (Å²) in [5.41, 5.74) is 1.05. The van der Waals surface area contributed by atoms with E-state index in [9.17, 15) is 4.79 Å². The van der Waals surface area contributed by atoms with Crippen LogP contribution in [0.25, 0.3) is 0 Å². The van der Waals surface area contributed by atoms with E-state index in [1.165, 1.54) is 4.88 Å². The Kier molecular flexibility index (Phi) is 4.42. The van der Waals surface area contributed by atoms with Crippen LogP contribution in [0.4, 0.5) is 4.79 Å². The number of urea groups is 1. The topological polar surface area (TPSA) is 73.9 Å². The number of aryl methyl sites for hydroxylation is 2. The number of imidazole rings is 1. The molecule has 0 bridgehead atoms. The molecule has 6 nitrogen and oxygen atoms in total. The minimum absolute atomic E-state index is 0.0123. The molecule has 1 saturated heterocycles. The van der Waals surface area contributed by atoms with Crippen LogP contribution in [0.2, 0.25) is 0 Å². The van der Waals surface area contributed by atoms with Crippen molar-refractivity contribution in [3.63, 3.8) is 0 Å². The molecular formula is C15H21N5OS. The van der Waals surface area contributed by atoms with Crippen molar-refractivity contribution < 1.29 is 4.79 Å². The number of nitrogens with zero attached hydrogens (tertiary/aromatic N) is 3. The Morgan fingerprint density at radius 1 is 1.55 bits per heavy atom. The highest BCUT2D eigenvalue weighted by Gasteiger charge is 2.26. The smallest absolute Gasteiger partial charge is 0.317 e. The maximum absolute atomic E-state index is 12.3. The number of H-pyrrole nitrogens is 1. The van der Waals surface area contributed by atoms with Crippen LogP contribution in [-0.4, -0.2) is 39.0 Å².